The molecule has 0 aromatic heterocycles. The third-order valence-electron chi connectivity index (χ3n) is 7.29. The van der Waals surface area contributed by atoms with Crippen LogP contribution in [0.25, 0.3) is 0 Å². The maximum absolute atomic E-state index is 13.2. The normalized spacial score (nSPS) is 45.9. The molecule has 2 saturated carbocycles. The van der Waals surface area contributed by atoms with E-state index in [1.807, 2.05) is 6.92 Å². The average molecular weight is 333 g/mol. The van der Waals surface area contributed by atoms with E-state index >= 15 is 0 Å². The van der Waals surface area contributed by atoms with Crippen molar-refractivity contribution in [2.75, 3.05) is 0 Å². The predicted octanol–water partition coefficient (Wildman–Crippen LogP) is 2.18. The summed E-state index contributed by atoms with van der Waals surface area (Å²) in [5.41, 5.74) is 5.56. The van der Waals surface area contributed by atoms with Crippen molar-refractivity contribution in [3.63, 3.8) is 0 Å². The summed E-state index contributed by atoms with van der Waals surface area (Å²) < 4.78 is 0. The number of amides is 1. The van der Waals surface area contributed by atoms with E-state index in [1.54, 1.807) is 4.90 Å². The van der Waals surface area contributed by atoms with Gasteiger partial charge in [0.2, 0.25) is 5.91 Å². The minimum atomic E-state index is -0.643. The van der Waals surface area contributed by atoms with Crippen LogP contribution in [-0.4, -0.2) is 39.6 Å². The van der Waals surface area contributed by atoms with E-state index in [2.05, 4.69) is 19.9 Å². The number of hydrogen-bond donors (Lipinski definition) is 2. The highest BCUT2D eigenvalue weighted by atomic mass is 16.3. The van der Waals surface area contributed by atoms with Crippen molar-refractivity contribution in [1.82, 2.24) is 4.90 Å². The number of carbonyl (C=O) groups is 1. The second kappa shape index (κ2) is 6.00. The number of nitrogens with zero attached hydrogens (tertiary/aromatic N) is 2. The van der Waals surface area contributed by atoms with Gasteiger partial charge in [0.15, 0.2) is 0 Å². The smallest absolute Gasteiger partial charge is 0.241 e. The first-order chi connectivity index (χ1) is 11.2. The Kier molecular flexibility index (Phi) is 4.42. The summed E-state index contributed by atoms with van der Waals surface area (Å²) in [4.78, 5) is 15.0. The van der Waals surface area contributed by atoms with Crippen LogP contribution in [0.2, 0.25) is 0 Å². The molecular weight excluding hydrogens is 302 g/mol. The molecule has 3 fully saturated rings. The number of carbonyl (C=O) groups excluding carboxylic acids is 1. The summed E-state index contributed by atoms with van der Waals surface area (Å²) in [6, 6.07) is 1.33. The summed E-state index contributed by atoms with van der Waals surface area (Å²) in [6.45, 7) is 6.19. The van der Waals surface area contributed by atoms with Crippen LogP contribution in [0.15, 0.2) is 0 Å². The van der Waals surface area contributed by atoms with Crippen LogP contribution < -0.4 is 5.73 Å². The molecular formula is C19H31N3O2. The Labute approximate surface area is 145 Å². The van der Waals surface area contributed by atoms with Crippen molar-refractivity contribution < 1.29 is 9.90 Å². The first kappa shape index (κ1) is 17.7. The highest BCUT2D eigenvalue weighted by molar-refractivity contribution is 5.84. The maximum Gasteiger partial charge on any atom is 0.241 e. The molecule has 1 amide bonds. The van der Waals surface area contributed by atoms with Crippen molar-refractivity contribution in [3.8, 4) is 6.07 Å². The molecule has 24 heavy (non-hydrogen) atoms. The lowest BCUT2D eigenvalue weighted by Crippen LogP contribution is -2.59. The molecule has 1 heterocycles. The number of likely N-dealkylation sites (tertiary alicyclic amines) is 1. The summed E-state index contributed by atoms with van der Waals surface area (Å²) in [5.74, 6) is 0.699. The molecule has 1 saturated heterocycles. The first-order valence-corrected chi connectivity index (χ1v) is 9.45. The number of nitriles is 1. The maximum atomic E-state index is 13.2. The summed E-state index contributed by atoms with van der Waals surface area (Å²) in [6.07, 6.45) is 5.79. The molecule has 2 aliphatic carbocycles. The van der Waals surface area contributed by atoms with Gasteiger partial charge in [-0.1, -0.05) is 13.8 Å². The highest BCUT2D eigenvalue weighted by Crippen LogP contribution is 2.55. The Bertz CT molecular complexity index is 559. The molecule has 0 aromatic rings. The zero-order valence-corrected chi connectivity index (χ0v) is 15.2. The molecule has 3 N–H and O–H groups in total. The molecule has 3 aliphatic rings. The first-order valence-electron chi connectivity index (χ1n) is 9.45. The number of nitrogens with two attached hydrogens (primary N) is 1. The molecule has 2 bridgehead atoms. The van der Waals surface area contributed by atoms with E-state index in [0.717, 1.165) is 38.5 Å². The third kappa shape index (κ3) is 2.64. The van der Waals surface area contributed by atoms with Crippen LogP contribution in [0.1, 0.15) is 65.7 Å². The predicted molar refractivity (Wildman–Crippen MR) is 91.7 cm³/mol. The second-order valence-electron chi connectivity index (χ2n) is 8.75. The summed E-state index contributed by atoms with van der Waals surface area (Å²) in [7, 11) is 0. The number of fused-ring (bicyclic) bond motifs is 2. The third-order valence-corrected chi connectivity index (χ3v) is 7.29. The van der Waals surface area contributed by atoms with Gasteiger partial charge in [0.25, 0.3) is 0 Å². The zero-order valence-electron chi connectivity index (χ0n) is 15.2. The number of aliphatic hydroxyl groups is 1. The van der Waals surface area contributed by atoms with Gasteiger partial charge in [-0.3, -0.25) is 4.79 Å². The molecule has 3 rings (SSSR count). The number of rotatable bonds is 3. The van der Waals surface area contributed by atoms with Crippen LogP contribution in [0, 0.1) is 28.6 Å². The summed E-state index contributed by atoms with van der Waals surface area (Å²) >= 11 is 0. The van der Waals surface area contributed by atoms with E-state index in [1.165, 1.54) is 0 Å². The van der Waals surface area contributed by atoms with E-state index in [4.69, 9.17) is 5.73 Å². The largest absolute Gasteiger partial charge is 0.390 e. The van der Waals surface area contributed by atoms with Crippen molar-refractivity contribution in [2.45, 2.75) is 89.4 Å². The van der Waals surface area contributed by atoms with E-state index in [-0.39, 0.29) is 23.4 Å². The molecule has 5 unspecified atom stereocenters. The molecule has 5 heteroatoms. The minimum absolute atomic E-state index is 0.0468. The molecule has 7 atom stereocenters. The lowest BCUT2D eigenvalue weighted by atomic mass is 9.62. The van der Waals surface area contributed by atoms with Crippen LogP contribution in [-0.2, 0) is 4.79 Å². The Morgan fingerprint density at radius 2 is 2.17 bits per heavy atom. The highest BCUT2D eigenvalue weighted by Gasteiger charge is 2.55. The summed E-state index contributed by atoms with van der Waals surface area (Å²) in [5, 5.41) is 20.3. The van der Waals surface area contributed by atoms with Gasteiger partial charge < -0.3 is 15.7 Å². The van der Waals surface area contributed by atoms with Gasteiger partial charge in [-0.05, 0) is 69.1 Å². The van der Waals surface area contributed by atoms with Gasteiger partial charge in [0, 0.05) is 6.04 Å². The fourth-order valence-electron chi connectivity index (χ4n) is 5.69. The Balaban J connectivity index is 1.85. The van der Waals surface area contributed by atoms with Crippen LogP contribution >= 0.6 is 0 Å². The molecule has 0 aromatic carbocycles. The topological polar surface area (TPSA) is 90.4 Å². The van der Waals surface area contributed by atoms with Gasteiger partial charge in [0.05, 0.1) is 17.7 Å². The molecule has 0 radical (unpaired) electrons. The molecule has 134 valence electrons. The average Bonchev–Trinajstić information content (AvgIpc) is 3.01. The fourth-order valence-corrected chi connectivity index (χ4v) is 5.69. The van der Waals surface area contributed by atoms with Gasteiger partial charge in [0.1, 0.15) is 6.04 Å². The fraction of sp³-hybridized carbons (Fsp3) is 0.895. The van der Waals surface area contributed by atoms with Gasteiger partial charge in [-0.25, -0.2) is 0 Å². The minimum Gasteiger partial charge on any atom is -0.390 e. The van der Waals surface area contributed by atoms with Crippen molar-refractivity contribution in [2.24, 2.45) is 23.0 Å². The van der Waals surface area contributed by atoms with Gasteiger partial charge in [-0.15, -0.1) is 0 Å². The lowest BCUT2D eigenvalue weighted by Gasteiger charge is -2.47. The van der Waals surface area contributed by atoms with Crippen molar-refractivity contribution in [3.05, 3.63) is 0 Å². The van der Waals surface area contributed by atoms with Gasteiger partial charge in [-0.2, -0.15) is 5.26 Å². The Morgan fingerprint density at radius 1 is 1.46 bits per heavy atom. The molecule has 5 nitrogen and oxygen atoms in total. The number of hydrogen-bond acceptors (Lipinski definition) is 4. The zero-order chi connectivity index (χ0) is 17.7. The van der Waals surface area contributed by atoms with E-state index in [9.17, 15) is 15.2 Å². The monoisotopic (exact) mass is 333 g/mol. The Morgan fingerprint density at radius 3 is 2.75 bits per heavy atom. The van der Waals surface area contributed by atoms with Crippen LogP contribution in [0.5, 0.6) is 0 Å². The van der Waals surface area contributed by atoms with E-state index in [0.29, 0.717) is 18.3 Å². The lowest BCUT2D eigenvalue weighted by molar-refractivity contribution is -0.141. The molecule has 1 aliphatic heterocycles. The van der Waals surface area contributed by atoms with Crippen molar-refractivity contribution in [1.29, 1.82) is 5.26 Å². The van der Waals surface area contributed by atoms with Crippen LogP contribution in [0.3, 0.4) is 0 Å². The quantitative estimate of drug-likeness (QED) is 0.828. The van der Waals surface area contributed by atoms with Gasteiger partial charge >= 0.3 is 0 Å². The van der Waals surface area contributed by atoms with Crippen LogP contribution in [0.4, 0.5) is 0 Å². The van der Waals surface area contributed by atoms with Crippen molar-refractivity contribution >= 4 is 5.91 Å². The van der Waals surface area contributed by atoms with E-state index < -0.39 is 11.6 Å². The SMILES string of the molecule is CCC1([C@H](N)C(=O)N2C(C)C(C)C[C@H]2C#N)CC2CCC(O)(C2)C1. The molecule has 0 spiro atoms. The second-order valence-corrected chi connectivity index (χ2v) is 8.75. The Hall–Kier alpha value is -1.12. The standard InChI is InChI=1S/C19H31N3O2/c1-4-18(8-14-5-6-19(24,9-14)11-18)16(21)17(23)22-13(3)12(2)7-15(22)10-20/h12-16,24H,4-9,11,21H2,1-3H3/t12?,13?,14?,15-,16+,18?,19?/m0/s1.